The van der Waals surface area contributed by atoms with E-state index in [-0.39, 0.29) is 17.5 Å². The molecule has 5 nitrogen and oxygen atoms in total. The summed E-state index contributed by atoms with van der Waals surface area (Å²) in [6.07, 6.45) is 0.390. The number of halogens is 3. The molecular weight excluding hydrogens is 395 g/mol. The fourth-order valence-corrected chi connectivity index (χ4v) is 4.12. The lowest BCUT2D eigenvalue weighted by Gasteiger charge is -2.21. The molecule has 1 heterocycles. The van der Waals surface area contributed by atoms with Crippen LogP contribution in [0.2, 0.25) is 0 Å². The lowest BCUT2D eigenvalue weighted by Crippen LogP contribution is -2.33. The first-order valence-electron chi connectivity index (χ1n) is 10.0. The first kappa shape index (κ1) is 20.3. The summed E-state index contributed by atoms with van der Waals surface area (Å²) < 4.78 is 37.9. The number of urea groups is 1. The van der Waals surface area contributed by atoms with E-state index < -0.39 is 17.8 Å². The van der Waals surface area contributed by atoms with Gasteiger partial charge in [-0.3, -0.25) is 4.79 Å². The van der Waals surface area contributed by atoms with Gasteiger partial charge in [-0.25, -0.2) is 4.79 Å². The first-order valence-corrected chi connectivity index (χ1v) is 10.0. The summed E-state index contributed by atoms with van der Waals surface area (Å²) in [5.74, 6) is 0.230. The molecule has 8 heteroatoms. The van der Waals surface area contributed by atoms with E-state index in [2.05, 4.69) is 10.6 Å². The van der Waals surface area contributed by atoms with Crippen molar-refractivity contribution in [1.29, 1.82) is 0 Å². The van der Waals surface area contributed by atoms with Gasteiger partial charge < -0.3 is 15.5 Å². The number of nitrogens with zero attached hydrogens (tertiary/aromatic N) is 1. The van der Waals surface area contributed by atoms with E-state index in [0.717, 1.165) is 55.5 Å². The van der Waals surface area contributed by atoms with Gasteiger partial charge in [0.05, 0.1) is 5.56 Å². The average Bonchev–Trinajstić information content (AvgIpc) is 3.37. The lowest BCUT2D eigenvalue weighted by atomic mass is 10.1. The molecule has 0 unspecified atom stereocenters. The molecule has 0 bridgehead atoms. The summed E-state index contributed by atoms with van der Waals surface area (Å²) in [5.41, 5.74) is 1.87. The molecule has 0 aromatic heterocycles. The van der Waals surface area contributed by atoms with Gasteiger partial charge >= 0.3 is 12.2 Å². The van der Waals surface area contributed by atoms with Crippen molar-refractivity contribution in [2.45, 2.75) is 38.3 Å². The molecule has 2 aromatic carbocycles. The molecule has 1 saturated carbocycles. The van der Waals surface area contributed by atoms with Gasteiger partial charge in [0, 0.05) is 29.5 Å². The number of benzene rings is 2. The van der Waals surface area contributed by atoms with E-state index in [4.69, 9.17) is 0 Å². The molecule has 3 amide bonds. The highest BCUT2D eigenvalue weighted by atomic mass is 19.4. The number of anilines is 3. The second-order valence-corrected chi connectivity index (χ2v) is 7.72. The minimum absolute atomic E-state index is 0.0792. The summed E-state index contributed by atoms with van der Waals surface area (Å²) in [5, 5.41) is 5.20. The van der Waals surface area contributed by atoms with Gasteiger partial charge in [0.15, 0.2) is 0 Å². The summed E-state index contributed by atoms with van der Waals surface area (Å²) in [6.45, 7) is 0.645. The molecule has 0 spiro atoms. The molecule has 1 aliphatic heterocycles. The van der Waals surface area contributed by atoms with Crippen molar-refractivity contribution in [3.8, 4) is 0 Å². The lowest BCUT2D eigenvalue weighted by molar-refractivity contribution is -0.137. The van der Waals surface area contributed by atoms with E-state index >= 15 is 0 Å². The molecule has 2 N–H and O–H groups in total. The second kappa shape index (κ2) is 8.01. The summed E-state index contributed by atoms with van der Waals surface area (Å²) in [6, 6.07) is 9.09. The molecule has 30 heavy (non-hydrogen) atoms. The van der Waals surface area contributed by atoms with Crippen LogP contribution in [0.25, 0.3) is 0 Å². The van der Waals surface area contributed by atoms with Crippen molar-refractivity contribution in [2.24, 2.45) is 5.92 Å². The molecule has 2 aliphatic rings. The Kier molecular flexibility index (Phi) is 5.40. The predicted molar refractivity (Wildman–Crippen MR) is 109 cm³/mol. The smallest absolute Gasteiger partial charge is 0.312 e. The van der Waals surface area contributed by atoms with Crippen LogP contribution in [-0.2, 0) is 17.4 Å². The third-order valence-corrected chi connectivity index (χ3v) is 5.68. The van der Waals surface area contributed by atoms with Crippen molar-refractivity contribution in [3.63, 3.8) is 0 Å². The van der Waals surface area contributed by atoms with E-state index in [1.54, 1.807) is 12.1 Å². The normalized spacial score (nSPS) is 16.4. The number of hydrogen-bond acceptors (Lipinski definition) is 2. The zero-order valence-corrected chi connectivity index (χ0v) is 16.3. The highest BCUT2D eigenvalue weighted by Crippen LogP contribution is 2.35. The van der Waals surface area contributed by atoms with Gasteiger partial charge in [0.2, 0.25) is 5.91 Å². The summed E-state index contributed by atoms with van der Waals surface area (Å²) in [7, 11) is 0. The molecule has 1 fully saturated rings. The predicted octanol–water partition coefficient (Wildman–Crippen LogP) is 5.43. The molecule has 4 rings (SSSR count). The Morgan fingerprint density at radius 2 is 1.57 bits per heavy atom. The third kappa shape index (κ3) is 4.27. The SMILES string of the molecule is O=C(Nc1ccc(C(F)(F)F)cc1)Nc1ccc2c(c1)N(C(=O)C1CCCC1)CC2. The summed E-state index contributed by atoms with van der Waals surface area (Å²) >= 11 is 0. The maximum Gasteiger partial charge on any atom is 0.416 e. The van der Waals surface area contributed by atoms with Crippen LogP contribution in [0, 0.1) is 5.92 Å². The molecular formula is C22H22F3N3O2. The van der Waals surface area contributed by atoms with Crippen molar-refractivity contribution >= 4 is 29.0 Å². The Bertz CT molecular complexity index is 951. The first-order chi connectivity index (χ1) is 14.3. The van der Waals surface area contributed by atoms with Gasteiger partial charge in [-0.05, 0) is 61.2 Å². The Morgan fingerprint density at radius 1 is 0.933 bits per heavy atom. The van der Waals surface area contributed by atoms with Gasteiger partial charge in [-0.15, -0.1) is 0 Å². The van der Waals surface area contributed by atoms with E-state index in [0.29, 0.717) is 12.2 Å². The van der Waals surface area contributed by atoms with Gasteiger partial charge in [-0.1, -0.05) is 18.9 Å². The van der Waals surface area contributed by atoms with Crippen LogP contribution in [-0.4, -0.2) is 18.5 Å². The Balaban J connectivity index is 1.42. The van der Waals surface area contributed by atoms with Gasteiger partial charge in [0.25, 0.3) is 0 Å². The Hall–Kier alpha value is -3.03. The molecule has 0 atom stereocenters. The quantitative estimate of drug-likeness (QED) is 0.700. The molecule has 158 valence electrons. The average molecular weight is 417 g/mol. The van der Waals surface area contributed by atoms with Crippen molar-refractivity contribution < 1.29 is 22.8 Å². The van der Waals surface area contributed by atoms with Crippen LogP contribution in [0.1, 0.15) is 36.8 Å². The van der Waals surface area contributed by atoms with Gasteiger partial charge in [0.1, 0.15) is 0 Å². The highest BCUT2D eigenvalue weighted by molar-refractivity contribution is 6.01. The third-order valence-electron chi connectivity index (χ3n) is 5.68. The molecule has 1 aliphatic carbocycles. The maximum atomic E-state index is 12.8. The maximum absolute atomic E-state index is 12.8. The minimum atomic E-state index is -4.42. The van der Waals surface area contributed by atoms with Crippen LogP contribution < -0.4 is 15.5 Å². The monoisotopic (exact) mass is 417 g/mol. The Morgan fingerprint density at radius 3 is 2.23 bits per heavy atom. The van der Waals surface area contributed by atoms with E-state index in [1.165, 1.54) is 12.1 Å². The number of nitrogens with one attached hydrogen (secondary N) is 2. The fourth-order valence-electron chi connectivity index (χ4n) is 4.12. The van der Waals surface area contributed by atoms with Crippen LogP contribution >= 0.6 is 0 Å². The zero-order chi connectivity index (χ0) is 21.3. The van der Waals surface area contributed by atoms with Crippen LogP contribution in [0.4, 0.5) is 35.0 Å². The highest BCUT2D eigenvalue weighted by Gasteiger charge is 2.32. The van der Waals surface area contributed by atoms with Crippen LogP contribution in [0.15, 0.2) is 42.5 Å². The summed E-state index contributed by atoms with van der Waals surface area (Å²) in [4.78, 5) is 26.9. The number of carbonyl (C=O) groups is 2. The standard InChI is InChI=1S/C22H22F3N3O2/c23-22(24,25)16-6-9-17(10-7-16)26-21(30)27-18-8-5-14-11-12-28(19(14)13-18)20(29)15-3-1-2-4-15/h5-10,13,15H,1-4,11-12H2,(H2,26,27,30). The number of alkyl halides is 3. The molecule has 0 saturated heterocycles. The van der Waals surface area contributed by atoms with Crippen molar-refractivity contribution in [3.05, 3.63) is 53.6 Å². The topological polar surface area (TPSA) is 61.4 Å². The van der Waals surface area contributed by atoms with Gasteiger partial charge in [-0.2, -0.15) is 13.2 Å². The largest absolute Gasteiger partial charge is 0.416 e. The fraction of sp³-hybridized carbons (Fsp3) is 0.364. The molecule has 0 radical (unpaired) electrons. The van der Waals surface area contributed by atoms with Crippen molar-refractivity contribution in [2.75, 3.05) is 22.1 Å². The minimum Gasteiger partial charge on any atom is -0.312 e. The number of hydrogen-bond donors (Lipinski definition) is 2. The number of amides is 3. The molecule has 2 aromatic rings. The number of fused-ring (bicyclic) bond motifs is 1. The number of rotatable bonds is 3. The van der Waals surface area contributed by atoms with E-state index in [1.807, 2.05) is 11.0 Å². The number of carbonyl (C=O) groups excluding carboxylic acids is 2. The second-order valence-electron chi connectivity index (χ2n) is 7.72. The zero-order valence-electron chi connectivity index (χ0n) is 16.3. The van der Waals surface area contributed by atoms with Crippen molar-refractivity contribution in [1.82, 2.24) is 0 Å². The van der Waals surface area contributed by atoms with E-state index in [9.17, 15) is 22.8 Å². The van der Waals surface area contributed by atoms with Crippen LogP contribution in [0.5, 0.6) is 0 Å². The Labute approximate surface area is 172 Å². The van der Waals surface area contributed by atoms with Crippen LogP contribution in [0.3, 0.4) is 0 Å².